The molecular formula is C15H19BrN2O2S. The van der Waals surface area contributed by atoms with E-state index in [2.05, 4.69) is 22.0 Å². The summed E-state index contributed by atoms with van der Waals surface area (Å²) in [6, 6.07) is 10.1. The van der Waals surface area contributed by atoms with Gasteiger partial charge in [-0.2, -0.15) is 5.26 Å². The van der Waals surface area contributed by atoms with Crippen LogP contribution in [0, 0.1) is 11.3 Å². The van der Waals surface area contributed by atoms with Crippen molar-refractivity contribution in [3.63, 3.8) is 0 Å². The summed E-state index contributed by atoms with van der Waals surface area (Å²) in [7, 11) is -3.20. The second-order valence-corrected chi connectivity index (χ2v) is 8.22. The number of sulfonamides is 1. The first-order valence-electron chi connectivity index (χ1n) is 7.14. The summed E-state index contributed by atoms with van der Waals surface area (Å²) in [5, 5.41) is 8.50. The third-order valence-electron chi connectivity index (χ3n) is 3.88. The third kappa shape index (κ3) is 4.29. The summed E-state index contributed by atoms with van der Waals surface area (Å²) in [5.41, 5.74) is 1.26. The first-order valence-corrected chi connectivity index (χ1v) is 9.54. The van der Waals surface area contributed by atoms with Crippen LogP contribution in [0.5, 0.6) is 0 Å². The van der Waals surface area contributed by atoms with Gasteiger partial charge in [-0.25, -0.2) is 12.7 Å². The molecular weight excluding hydrogens is 352 g/mol. The summed E-state index contributed by atoms with van der Waals surface area (Å²) in [4.78, 5) is 0. The van der Waals surface area contributed by atoms with E-state index in [9.17, 15) is 8.42 Å². The number of nitriles is 1. The number of benzene rings is 1. The molecule has 0 bridgehead atoms. The first kappa shape index (κ1) is 16.5. The SMILES string of the molecule is N#CCCCS(=O)(=O)N1CCC(c2ccccc2Br)CC1. The zero-order chi connectivity index (χ0) is 15.3. The van der Waals surface area contributed by atoms with Gasteiger partial charge in [0.15, 0.2) is 0 Å². The van der Waals surface area contributed by atoms with E-state index >= 15 is 0 Å². The van der Waals surface area contributed by atoms with Crippen molar-refractivity contribution in [2.24, 2.45) is 0 Å². The quantitative estimate of drug-likeness (QED) is 0.747. The highest BCUT2D eigenvalue weighted by Crippen LogP contribution is 2.33. The molecule has 0 radical (unpaired) electrons. The van der Waals surface area contributed by atoms with Gasteiger partial charge in [-0.05, 0) is 36.8 Å². The monoisotopic (exact) mass is 370 g/mol. The minimum Gasteiger partial charge on any atom is -0.212 e. The molecule has 0 aliphatic carbocycles. The molecule has 1 aromatic carbocycles. The Hall–Kier alpha value is -0.900. The maximum absolute atomic E-state index is 12.2. The van der Waals surface area contributed by atoms with Gasteiger partial charge >= 0.3 is 0 Å². The summed E-state index contributed by atoms with van der Waals surface area (Å²) in [6.07, 6.45) is 2.41. The van der Waals surface area contributed by atoms with Crippen molar-refractivity contribution in [2.45, 2.75) is 31.6 Å². The van der Waals surface area contributed by atoms with Gasteiger partial charge in [0.2, 0.25) is 10.0 Å². The Kier molecular flexibility index (Phi) is 5.80. The fourth-order valence-electron chi connectivity index (χ4n) is 2.71. The molecule has 0 unspecified atom stereocenters. The highest BCUT2D eigenvalue weighted by molar-refractivity contribution is 9.10. The van der Waals surface area contributed by atoms with Crippen LogP contribution in [0.25, 0.3) is 0 Å². The fourth-order valence-corrected chi connectivity index (χ4v) is 4.86. The van der Waals surface area contributed by atoms with Crippen LogP contribution in [0.4, 0.5) is 0 Å². The van der Waals surface area contributed by atoms with Gasteiger partial charge in [0, 0.05) is 24.0 Å². The lowest BCUT2D eigenvalue weighted by Crippen LogP contribution is -2.39. The lowest BCUT2D eigenvalue weighted by Gasteiger charge is -2.31. The van der Waals surface area contributed by atoms with Crippen LogP contribution in [0.1, 0.15) is 37.2 Å². The Morgan fingerprint density at radius 3 is 2.57 bits per heavy atom. The van der Waals surface area contributed by atoms with Gasteiger partial charge in [0.25, 0.3) is 0 Å². The minimum absolute atomic E-state index is 0.0836. The summed E-state index contributed by atoms with van der Waals surface area (Å²) in [6.45, 7) is 1.14. The molecule has 114 valence electrons. The van der Waals surface area contributed by atoms with Crippen molar-refractivity contribution < 1.29 is 8.42 Å². The van der Waals surface area contributed by atoms with Crippen molar-refractivity contribution in [3.05, 3.63) is 34.3 Å². The molecule has 0 spiro atoms. The number of piperidine rings is 1. The molecule has 1 aliphatic rings. The largest absolute Gasteiger partial charge is 0.214 e. The van der Waals surface area contributed by atoms with E-state index in [-0.39, 0.29) is 5.75 Å². The van der Waals surface area contributed by atoms with Crippen LogP contribution in [-0.2, 0) is 10.0 Å². The molecule has 0 atom stereocenters. The van der Waals surface area contributed by atoms with Crippen LogP contribution in [-0.4, -0.2) is 31.6 Å². The zero-order valence-electron chi connectivity index (χ0n) is 11.8. The van der Waals surface area contributed by atoms with Crippen molar-refractivity contribution >= 4 is 26.0 Å². The highest BCUT2D eigenvalue weighted by atomic mass is 79.9. The van der Waals surface area contributed by atoms with Crippen molar-refractivity contribution in [1.82, 2.24) is 4.31 Å². The molecule has 1 saturated heterocycles. The molecule has 1 aliphatic heterocycles. The molecule has 1 fully saturated rings. The average molecular weight is 371 g/mol. The summed E-state index contributed by atoms with van der Waals surface area (Å²) in [5.74, 6) is 0.492. The molecule has 1 heterocycles. The van der Waals surface area contributed by atoms with Crippen LogP contribution < -0.4 is 0 Å². The maximum Gasteiger partial charge on any atom is 0.214 e. The molecule has 0 amide bonds. The Bertz CT molecular complexity index is 617. The highest BCUT2D eigenvalue weighted by Gasteiger charge is 2.28. The van der Waals surface area contributed by atoms with E-state index in [1.807, 2.05) is 24.3 Å². The number of nitrogens with zero attached hydrogens (tertiary/aromatic N) is 2. The topological polar surface area (TPSA) is 61.2 Å². The predicted molar refractivity (Wildman–Crippen MR) is 86.3 cm³/mol. The Labute approximate surface area is 134 Å². The molecule has 0 aromatic heterocycles. The zero-order valence-corrected chi connectivity index (χ0v) is 14.2. The van der Waals surface area contributed by atoms with Gasteiger partial charge in [0.05, 0.1) is 11.8 Å². The average Bonchev–Trinajstić information content (AvgIpc) is 2.48. The van der Waals surface area contributed by atoms with Gasteiger partial charge in [-0.3, -0.25) is 0 Å². The van der Waals surface area contributed by atoms with Gasteiger partial charge in [-0.1, -0.05) is 34.1 Å². The van der Waals surface area contributed by atoms with Crippen molar-refractivity contribution in [1.29, 1.82) is 5.26 Å². The fraction of sp³-hybridized carbons (Fsp3) is 0.533. The van der Waals surface area contributed by atoms with Gasteiger partial charge in [-0.15, -0.1) is 0 Å². The molecule has 0 saturated carbocycles. The number of halogens is 1. The maximum atomic E-state index is 12.2. The van der Waals surface area contributed by atoms with E-state index in [1.54, 1.807) is 4.31 Å². The second-order valence-electron chi connectivity index (χ2n) is 5.27. The van der Waals surface area contributed by atoms with E-state index < -0.39 is 10.0 Å². The van der Waals surface area contributed by atoms with Crippen molar-refractivity contribution in [3.8, 4) is 6.07 Å². The minimum atomic E-state index is -3.20. The molecule has 2 rings (SSSR count). The van der Waals surface area contributed by atoms with Crippen LogP contribution in [0.2, 0.25) is 0 Å². The van der Waals surface area contributed by atoms with Crippen LogP contribution in [0.15, 0.2) is 28.7 Å². The number of hydrogen-bond donors (Lipinski definition) is 0. The van der Waals surface area contributed by atoms with Crippen LogP contribution in [0.3, 0.4) is 0 Å². The van der Waals surface area contributed by atoms with E-state index in [0.717, 1.165) is 17.3 Å². The molecule has 21 heavy (non-hydrogen) atoms. The Morgan fingerprint density at radius 2 is 1.95 bits per heavy atom. The lowest BCUT2D eigenvalue weighted by molar-refractivity contribution is 0.319. The van der Waals surface area contributed by atoms with Crippen LogP contribution >= 0.6 is 15.9 Å². The molecule has 0 N–H and O–H groups in total. The molecule has 4 nitrogen and oxygen atoms in total. The first-order chi connectivity index (χ1) is 10.0. The van der Waals surface area contributed by atoms with E-state index in [0.29, 0.717) is 31.8 Å². The number of hydrogen-bond acceptors (Lipinski definition) is 3. The smallest absolute Gasteiger partial charge is 0.212 e. The lowest BCUT2D eigenvalue weighted by atomic mass is 9.90. The molecule has 1 aromatic rings. The van der Waals surface area contributed by atoms with Gasteiger partial charge < -0.3 is 0 Å². The number of rotatable bonds is 5. The van der Waals surface area contributed by atoms with Crippen molar-refractivity contribution in [2.75, 3.05) is 18.8 Å². The Balaban J connectivity index is 1.94. The Morgan fingerprint density at radius 1 is 1.29 bits per heavy atom. The van der Waals surface area contributed by atoms with Gasteiger partial charge in [0.1, 0.15) is 0 Å². The summed E-state index contributed by atoms with van der Waals surface area (Å²) >= 11 is 3.57. The summed E-state index contributed by atoms with van der Waals surface area (Å²) < 4.78 is 27.0. The third-order valence-corrected chi connectivity index (χ3v) is 6.56. The second kappa shape index (κ2) is 7.39. The predicted octanol–water partition coefficient (Wildman–Crippen LogP) is 3.26. The normalized spacial score (nSPS) is 17.5. The standard InChI is InChI=1S/C15H19BrN2O2S/c16-15-6-2-1-5-14(15)13-7-10-18(11-8-13)21(19,20)12-4-3-9-17/h1-2,5-6,13H,3-4,7-8,10-12H2. The molecule has 6 heteroatoms. The van der Waals surface area contributed by atoms with E-state index in [4.69, 9.17) is 5.26 Å². The number of unbranched alkanes of at least 4 members (excludes halogenated alkanes) is 1. The van der Waals surface area contributed by atoms with E-state index in [1.165, 1.54) is 5.56 Å².